The van der Waals surface area contributed by atoms with Gasteiger partial charge < -0.3 is 15.2 Å². The molecule has 10 heteroatoms. The second kappa shape index (κ2) is 8.79. The summed E-state index contributed by atoms with van der Waals surface area (Å²) in [7, 11) is 0. The molecule has 0 radical (unpaired) electrons. The summed E-state index contributed by atoms with van der Waals surface area (Å²) in [6.07, 6.45) is 2.07. The highest BCUT2D eigenvalue weighted by Crippen LogP contribution is 2.38. The van der Waals surface area contributed by atoms with Crippen molar-refractivity contribution in [2.24, 2.45) is 0 Å². The van der Waals surface area contributed by atoms with Crippen molar-refractivity contribution in [1.29, 1.82) is 5.26 Å². The molecule has 0 aliphatic carbocycles. The first-order valence-electron chi connectivity index (χ1n) is 7.60. The van der Waals surface area contributed by atoms with Gasteiger partial charge in [-0.15, -0.1) is 0 Å². The number of amides is 1. The van der Waals surface area contributed by atoms with Gasteiger partial charge in [-0.2, -0.15) is 5.26 Å². The number of hydrogen-bond acceptors (Lipinski definition) is 7. The number of ether oxygens (including phenoxy) is 1. The summed E-state index contributed by atoms with van der Waals surface area (Å²) in [4.78, 5) is 25.1. The van der Waals surface area contributed by atoms with Crippen molar-refractivity contribution in [1.82, 2.24) is 10.3 Å². The number of fused-ring (bicyclic) bond motifs is 1. The van der Waals surface area contributed by atoms with Gasteiger partial charge in [0.15, 0.2) is 10.8 Å². The van der Waals surface area contributed by atoms with E-state index >= 15 is 0 Å². The third-order valence-corrected chi connectivity index (χ3v) is 4.36. The third-order valence-electron chi connectivity index (χ3n) is 3.38. The molecule has 2 rings (SSSR count). The van der Waals surface area contributed by atoms with E-state index in [0.29, 0.717) is 29.8 Å². The number of unbranched alkanes of at least 4 members (excludes halogenated alkanes) is 3. The van der Waals surface area contributed by atoms with Crippen LogP contribution < -0.4 is 10.1 Å². The topological polar surface area (TPSA) is 138 Å². The predicted octanol–water partition coefficient (Wildman–Crippen LogP) is 3.28. The Kier molecular flexibility index (Phi) is 6.47. The Bertz CT molecular complexity index is 814. The maximum absolute atomic E-state index is 11.4. The Morgan fingerprint density at radius 1 is 1.40 bits per heavy atom. The van der Waals surface area contributed by atoms with Gasteiger partial charge in [-0.25, -0.2) is 9.78 Å². The average Bonchev–Trinajstić information content (AvgIpc) is 2.99. The zero-order valence-corrected chi connectivity index (χ0v) is 14.0. The first kappa shape index (κ1) is 18.4. The van der Waals surface area contributed by atoms with Crippen LogP contribution in [0.1, 0.15) is 30.7 Å². The van der Waals surface area contributed by atoms with Crippen LogP contribution in [0, 0.1) is 21.4 Å². The molecule has 1 aromatic carbocycles. The molecule has 25 heavy (non-hydrogen) atoms. The lowest BCUT2D eigenvalue weighted by Crippen LogP contribution is -2.21. The molecule has 0 saturated heterocycles. The van der Waals surface area contributed by atoms with Crippen molar-refractivity contribution >= 4 is 33.3 Å². The van der Waals surface area contributed by atoms with Crippen LogP contribution in [0.4, 0.5) is 10.5 Å². The molecule has 0 fully saturated rings. The first-order chi connectivity index (χ1) is 12.0. The molecule has 0 aliphatic heterocycles. The molecule has 1 aromatic heterocycles. The molecule has 0 unspecified atom stereocenters. The lowest BCUT2D eigenvalue weighted by molar-refractivity contribution is -0.383. The average molecular weight is 364 g/mol. The molecule has 0 aliphatic rings. The van der Waals surface area contributed by atoms with Crippen LogP contribution in [0.15, 0.2) is 12.1 Å². The van der Waals surface area contributed by atoms with Gasteiger partial charge >= 0.3 is 11.8 Å². The molecule has 2 aromatic rings. The van der Waals surface area contributed by atoms with Crippen LogP contribution in [0.5, 0.6) is 5.75 Å². The van der Waals surface area contributed by atoms with E-state index in [1.54, 1.807) is 6.07 Å². The SMILES string of the molecule is N#Cc1nc2ccc(OCCCCCCNC(=O)O)c([N+](=O)[O-])c2s1. The van der Waals surface area contributed by atoms with Crippen molar-refractivity contribution in [3.05, 3.63) is 27.3 Å². The number of nitrogens with one attached hydrogen (secondary N) is 1. The summed E-state index contributed by atoms with van der Waals surface area (Å²) in [5.74, 6) is 0.165. The molecule has 0 atom stereocenters. The van der Waals surface area contributed by atoms with Crippen molar-refractivity contribution in [2.45, 2.75) is 25.7 Å². The van der Waals surface area contributed by atoms with Crippen LogP contribution >= 0.6 is 11.3 Å². The zero-order valence-electron chi connectivity index (χ0n) is 13.2. The fourth-order valence-electron chi connectivity index (χ4n) is 2.26. The van der Waals surface area contributed by atoms with Gasteiger partial charge in [0.05, 0.1) is 17.0 Å². The quantitative estimate of drug-likeness (QED) is 0.395. The van der Waals surface area contributed by atoms with Gasteiger partial charge in [-0.3, -0.25) is 10.1 Å². The van der Waals surface area contributed by atoms with E-state index in [2.05, 4.69) is 10.3 Å². The predicted molar refractivity (Wildman–Crippen MR) is 91.0 cm³/mol. The minimum Gasteiger partial charge on any atom is -0.487 e. The maximum Gasteiger partial charge on any atom is 0.404 e. The molecule has 1 amide bonds. The van der Waals surface area contributed by atoms with Gasteiger partial charge in [0, 0.05) is 6.54 Å². The highest BCUT2D eigenvalue weighted by molar-refractivity contribution is 7.19. The minimum atomic E-state index is -1.03. The van der Waals surface area contributed by atoms with Crippen molar-refractivity contribution in [3.8, 4) is 11.8 Å². The number of aromatic nitrogens is 1. The summed E-state index contributed by atoms with van der Waals surface area (Å²) in [6, 6.07) is 4.99. The number of hydrogen-bond donors (Lipinski definition) is 2. The fraction of sp³-hybridized carbons (Fsp3) is 0.400. The van der Waals surface area contributed by atoms with E-state index in [-0.39, 0.29) is 16.4 Å². The molecule has 1 heterocycles. The molecular formula is C15H16N4O5S. The van der Waals surface area contributed by atoms with Crippen LogP contribution in [0.2, 0.25) is 0 Å². The molecule has 0 saturated carbocycles. The number of thiazole rings is 1. The van der Waals surface area contributed by atoms with E-state index in [0.717, 1.165) is 30.6 Å². The number of nitro groups is 1. The summed E-state index contributed by atoms with van der Waals surface area (Å²) in [5.41, 5.74) is 0.244. The number of nitrogens with zero attached hydrogens (tertiary/aromatic N) is 3. The second-order valence-electron chi connectivity index (χ2n) is 5.14. The zero-order chi connectivity index (χ0) is 18.2. The Labute approximate surface area is 147 Å². The van der Waals surface area contributed by atoms with Gasteiger partial charge in [-0.05, 0) is 25.0 Å². The van der Waals surface area contributed by atoms with Gasteiger partial charge in [0.2, 0.25) is 0 Å². The van der Waals surface area contributed by atoms with Crippen molar-refractivity contribution < 1.29 is 19.6 Å². The number of carboxylic acid groups (broad SMARTS) is 1. The Morgan fingerprint density at radius 3 is 2.84 bits per heavy atom. The molecule has 132 valence electrons. The largest absolute Gasteiger partial charge is 0.487 e. The minimum absolute atomic E-state index is 0.165. The maximum atomic E-state index is 11.4. The summed E-state index contributed by atoms with van der Waals surface area (Å²) in [5, 5.41) is 31.1. The highest BCUT2D eigenvalue weighted by Gasteiger charge is 2.23. The molecular weight excluding hydrogens is 348 g/mol. The lowest BCUT2D eigenvalue weighted by atomic mass is 10.2. The highest BCUT2D eigenvalue weighted by atomic mass is 32.1. The number of nitro benzene ring substituents is 1. The van der Waals surface area contributed by atoms with E-state index in [4.69, 9.17) is 15.1 Å². The third kappa shape index (κ3) is 5.02. The summed E-state index contributed by atoms with van der Waals surface area (Å²) >= 11 is 0.973. The van der Waals surface area contributed by atoms with Crippen LogP contribution in [0.3, 0.4) is 0 Å². The molecule has 2 N–H and O–H groups in total. The van der Waals surface area contributed by atoms with E-state index in [9.17, 15) is 14.9 Å². The normalized spacial score (nSPS) is 10.4. The molecule has 0 bridgehead atoms. The van der Waals surface area contributed by atoms with Gasteiger partial charge in [0.1, 0.15) is 10.8 Å². The van der Waals surface area contributed by atoms with Crippen LogP contribution in [-0.4, -0.2) is 34.3 Å². The Morgan fingerprint density at radius 2 is 2.16 bits per heavy atom. The van der Waals surface area contributed by atoms with E-state index in [1.165, 1.54) is 6.07 Å². The Balaban J connectivity index is 1.90. The van der Waals surface area contributed by atoms with Crippen molar-refractivity contribution in [3.63, 3.8) is 0 Å². The van der Waals surface area contributed by atoms with E-state index < -0.39 is 11.0 Å². The summed E-state index contributed by atoms with van der Waals surface area (Å²) in [6.45, 7) is 0.730. The Hall–Kier alpha value is -2.93. The van der Waals surface area contributed by atoms with Gasteiger partial charge in [0.25, 0.3) is 0 Å². The number of nitriles is 1. The van der Waals surface area contributed by atoms with Crippen LogP contribution in [0.25, 0.3) is 10.2 Å². The van der Waals surface area contributed by atoms with Gasteiger partial charge in [-0.1, -0.05) is 24.2 Å². The number of benzene rings is 1. The fourth-order valence-corrected chi connectivity index (χ4v) is 3.13. The number of rotatable bonds is 9. The van der Waals surface area contributed by atoms with E-state index in [1.807, 2.05) is 6.07 Å². The van der Waals surface area contributed by atoms with Crippen molar-refractivity contribution in [2.75, 3.05) is 13.2 Å². The monoisotopic (exact) mass is 364 g/mol. The lowest BCUT2D eigenvalue weighted by Gasteiger charge is -2.07. The number of carbonyl (C=O) groups is 1. The summed E-state index contributed by atoms with van der Waals surface area (Å²) < 4.78 is 5.87. The second-order valence-corrected chi connectivity index (χ2v) is 6.14. The van der Waals surface area contributed by atoms with Crippen LogP contribution in [-0.2, 0) is 0 Å². The first-order valence-corrected chi connectivity index (χ1v) is 8.42. The standard InChI is InChI=1S/C15H16N4O5S/c16-9-12-18-10-5-6-11(13(19(22)23)14(10)25-12)24-8-4-2-1-3-7-17-15(20)21/h5-6,17H,1-4,7-8H2,(H,20,21). The molecule has 9 nitrogen and oxygen atoms in total. The smallest absolute Gasteiger partial charge is 0.404 e. The molecule has 0 spiro atoms.